The molecule has 1 rings (SSSR count). The van der Waals surface area contributed by atoms with Gasteiger partial charge >= 0.3 is 0 Å². The highest BCUT2D eigenvalue weighted by molar-refractivity contribution is 7.98. The lowest BCUT2D eigenvalue weighted by molar-refractivity contribution is 0.494. The molecule has 0 aromatic carbocycles. The second-order valence-electron chi connectivity index (χ2n) is 3.95. The van der Waals surface area contributed by atoms with Gasteiger partial charge in [-0.2, -0.15) is 11.8 Å². The smallest absolute Gasteiger partial charge is 0.0570 e. The topological polar surface area (TPSA) is 24.9 Å². The largest absolute Gasteiger partial charge is 0.309 e. The first-order chi connectivity index (χ1) is 7.24. The van der Waals surface area contributed by atoms with Gasteiger partial charge in [-0.1, -0.05) is 13.0 Å². The van der Waals surface area contributed by atoms with Crippen LogP contribution in [0, 0.1) is 5.92 Å². The number of rotatable bonds is 6. The van der Waals surface area contributed by atoms with E-state index in [9.17, 15) is 0 Å². The first-order valence-corrected chi connectivity index (χ1v) is 6.76. The van der Waals surface area contributed by atoms with Crippen molar-refractivity contribution in [1.29, 1.82) is 0 Å². The molecule has 0 amide bonds. The molecule has 0 saturated carbocycles. The van der Waals surface area contributed by atoms with Crippen LogP contribution in [-0.4, -0.2) is 23.5 Å². The lowest BCUT2D eigenvalue weighted by Gasteiger charge is -2.16. The third-order valence-corrected chi connectivity index (χ3v) is 3.26. The van der Waals surface area contributed by atoms with Gasteiger partial charge in [-0.25, -0.2) is 0 Å². The minimum atomic E-state index is 0.343. The average Bonchev–Trinajstić information content (AvgIpc) is 2.27. The number of thioether (sulfide) groups is 1. The molecule has 0 fully saturated rings. The molecule has 1 heterocycles. The molecular formula is C12H20N2S. The van der Waals surface area contributed by atoms with Gasteiger partial charge in [0.15, 0.2) is 0 Å². The highest BCUT2D eigenvalue weighted by Crippen LogP contribution is 2.09. The first-order valence-electron chi connectivity index (χ1n) is 5.37. The summed E-state index contributed by atoms with van der Waals surface area (Å²) < 4.78 is 0. The molecule has 1 N–H and O–H groups in total. The molecule has 1 aromatic rings. The quantitative estimate of drug-likeness (QED) is 0.804. The number of nitrogens with zero attached hydrogens (tertiary/aromatic N) is 1. The third kappa shape index (κ3) is 4.67. The zero-order valence-electron chi connectivity index (χ0n) is 9.73. The highest BCUT2D eigenvalue weighted by Gasteiger charge is 2.07. The van der Waals surface area contributed by atoms with Gasteiger partial charge in [0.05, 0.1) is 5.69 Å². The van der Waals surface area contributed by atoms with Crippen molar-refractivity contribution < 1.29 is 0 Å². The van der Waals surface area contributed by atoms with E-state index in [4.69, 9.17) is 0 Å². The molecule has 1 aromatic heterocycles. The first kappa shape index (κ1) is 12.5. The highest BCUT2D eigenvalue weighted by atomic mass is 32.2. The van der Waals surface area contributed by atoms with Crippen LogP contribution in [0.15, 0.2) is 24.4 Å². The van der Waals surface area contributed by atoms with Crippen LogP contribution in [0.4, 0.5) is 0 Å². The Bertz CT molecular complexity index is 264. The van der Waals surface area contributed by atoms with Crippen molar-refractivity contribution in [3.05, 3.63) is 30.1 Å². The fourth-order valence-corrected chi connectivity index (χ4v) is 2.14. The lowest BCUT2D eigenvalue weighted by Crippen LogP contribution is -2.26. The molecular weight excluding hydrogens is 204 g/mol. The van der Waals surface area contributed by atoms with Crippen molar-refractivity contribution in [3.63, 3.8) is 0 Å². The molecule has 2 nitrogen and oxygen atoms in total. The van der Waals surface area contributed by atoms with Gasteiger partial charge in [0.25, 0.3) is 0 Å². The van der Waals surface area contributed by atoms with Gasteiger partial charge < -0.3 is 5.32 Å². The van der Waals surface area contributed by atoms with Crippen molar-refractivity contribution in [3.8, 4) is 0 Å². The van der Waals surface area contributed by atoms with Crippen LogP contribution >= 0.6 is 11.8 Å². The van der Waals surface area contributed by atoms with E-state index in [2.05, 4.69) is 36.5 Å². The number of pyridine rings is 1. The Kier molecular flexibility index (Phi) is 5.73. The maximum atomic E-state index is 4.33. The molecule has 3 heteroatoms. The van der Waals surface area contributed by atoms with E-state index in [0.29, 0.717) is 12.0 Å². The Morgan fingerprint density at radius 1 is 1.40 bits per heavy atom. The van der Waals surface area contributed by atoms with Crippen LogP contribution in [0.3, 0.4) is 0 Å². The Labute approximate surface area is 96.9 Å². The minimum absolute atomic E-state index is 0.343. The predicted molar refractivity (Wildman–Crippen MR) is 68.2 cm³/mol. The van der Waals surface area contributed by atoms with Crippen molar-refractivity contribution >= 4 is 11.8 Å². The standard InChI is InChI=1S/C12H20N2S/c1-10(9-15-3)8-14-11(2)12-6-4-5-7-13-12/h4-7,10-11,14H,8-9H2,1-3H3. The van der Waals surface area contributed by atoms with E-state index in [1.807, 2.05) is 30.1 Å². The summed E-state index contributed by atoms with van der Waals surface area (Å²) in [7, 11) is 0. The zero-order chi connectivity index (χ0) is 11.1. The normalized spacial score (nSPS) is 14.9. The Morgan fingerprint density at radius 3 is 2.80 bits per heavy atom. The molecule has 0 aliphatic heterocycles. The number of aromatic nitrogens is 1. The number of hydrogen-bond donors (Lipinski definition) is 1. The van der Waals surface area contributed by atoms with Crippen molar-refractivity contribution in [1.82, 2.24) is 10.3 Å². The maximum absolute atomic E-state index is 4.33. The number of nitrogens with one attached hydrogen (secondary N) is 1. The summed E-state index contributed by atoms with van der Waals surface area (Å²) in [6.45, 7) is 5.49. The summed E-state index contributed by atoms with van der Waals surface area (Å²) in [5, 5.41) is 3.51. The zero-order valence-corrected chi connectivity index (χ0v) is 10.6. The summed E-state index contributed by atoms with van der Waals surface area (Å²) in [4.78, 5) is 4.33. The van der Waals surface area contributed by atoms with E-state index < -0.39 is 0 Å². The molecule has 0 spiro atoms. The van der Waals surface area contributed by atoms with Crippen molar-refractivity contribution in [2.24, 2.45) is 5.92 Å². The van der Waals surface area contributed by atoms with E-state index in [1.165, 1.54) is 5.75 Å². The summed E-state index contributed by atoms with van der Waals surface area (Å²) in [6, 6.07) is 6.39. The van der Waals surface area contributed by atoms with E-state index in [0.717, 1.165) is 12.2 Å². The molecule has 0 bridgehead atoms. The summed E-state index contributed by atoms with van der Waals surface area (Å²) in [6.07, 6.45) is 4.00. The second-order valence-corrected chi connectivity index (χ2v) is 4.86. The van der Waals surface area contributed by atoms with Gasteiger partial charge in [-0.05, 0) is 43.5 Å². The van der Waals surface area contributed by atoms with E-state index in [-0.39, 0.29) is 0 Å². The van der Waals surface area contributed by atoms with Crippen LogP contribution in [0.25, 0.3) is 0 Å². The molecule has 0 aliphatic rings. The Balaban J connectivity index is 2.33. The molecule has 0 saturated heterocycles. The molecule has 84 valence electrons. The fraction of sp³-hybridized carbons (Fsp3) is 0.583. The van der Waals surface area contributed by atoms with Crippen LogP contribution in [0.5, 0.6) is 0 Å². The van der Waals surface area contributed by atoms with Crippen LogP contribution in [0.2, 0.25) is 0 Å². The van der Waals surface area contributed by atoms with Gasteiger partial charge in [0.2, 0.25) is 0 Å². The molecule has 0 radical (unpaired) electrons. The summed E-state index contributed by atoms with van der Waals surface area (Å²) >= 11 is 1.90. The van der Waals surface area contributed by atoms with Crippen molar-refractivity contribution in [2.45, 2.75) is 19.9 Å². The van der Waals surface area contributed by atoms with Gasteiger partial charge in [-0.15, -0.1) is 0 Å². The van der Waals surface area contributed by atoms with Crippen molar-refractivity contribution in [2.75, 3.05) is 18.6 Å². The summed E-state index contributed by atoms with van der Waals surface area (Å²) in [5.41, 5.74) is 1.12. The Hall–Kier alpha value is -0.540. The monoisotopic (exact) mass is 224 g/mol. The molecule has 2 unspecified atom stereocenters. The second kappa shape index (κ2) is 6.85. The van der Waals surface area contributed by atoms with E-state index >= 15 is 0 Å². The van der Waals surface area contributed by atoms with Gasteiger partial charge in [0, 0.05) is 12.2 Å². The predicted octanol–water partition coefficient (Wildman–Crippen LogP) is 2.73. The lowest BCUT2D eigenvalue weighted by atomic mass is 10.1. The van der Waals surface area contributed by atoms with Crippen LogP contribution < -0.4 is 5.32 Å². The van der Waals surface area contributed by atoms with Gasteiger partial charge in [0.1, 0.15) is 0 Å². The maximum Gasteiger partial charge on any atom is 0.0570 e. The van der Waals surface area contributed by atoms with Crippen LogP contribution in [-0.2, 0) is 0 Å². The van der Waals surface area contributed by atoms with Crippen LogP contribution in [0.1, 0.15) is 25.6 Å². The average molecular weight is 224 g/mol. The van der Waals surface area contributed by atoms with E-state index in [1.54, 1.807) is 0 Å². The molecule has 2 atom stereocenters. The Morgan fingerprint density at radius 2 is 2.20 bits per heavy atom. The number of hydrogen-bond acceptors (Lipinski definition) is 3. The molecule has 0 aliphatic carbocycles. The fourth-order valence-electron chi connectivity index (χ4n) is 1.46. The minimum Gasteiger partial charge on any atom is -0.309 e. The summed E-state index contributed by atoms with van der Waals surface area (Å²) in [5.74, 6) is 1.92. The molecule has 15 heavy (non-hydrogen) atoms. The van der Waals surface area contributed by atoms with Gasteiger partial charge in [-0.3, -0.25) is 4.98 Å². The SMILES string of the molecule is CSCC(C)CNC(C)c1ccccn1. The third-order valence-electron chi connectivity index (χ3n) is 2.36.